The molecular weight excluding hydrogens is 192 g/mol. The topological polar surface area (TPSA) is 36.3 Å². The lowest BCUT2D eigenvalue weighted by atomic mass is 10.2. The van der Waals surface area contributed by atoms with Crippen LogP contribution >= 0.6 is 0 Å². The van der Waals surface area contributed by atoms with E-state index in [1.54, 1.807) is 14.2 Å². The minimum Gasteiger partial charge on any atom is -0.493 e. The Labute approximate surface area is 88.4 Å². The maximum absolute atomic E-state index is 5.25. The molecule has 4 nitrogen and oxygen atoms in total. The van der Waals surface area contributed by atoms with E-state index in [4.69, 9.17) is 9.47 Å². The number of fused-ring (bicyclic) bond motifs is 1. The molecule has 0 bridgehead atoms. The molecule has 4 heteroatoms. The molecule has 2 rings (SSSR count). The van der Waals surface area contributed by atoms with Gasteiger partial charge in [-0.15, -0.1) is 0 Å². The van der Waals surface area contributed by atoms with Crippen molar-refractivity contribution in [1.29, 1.82) is 0 Å². The highest BCUT2D eigenvalue weighted by molar-refractivity contribution is 5.85. The summed E-state index contributed by atoms with van der Waals surface area (Å²) in [4.78, 5) is 0. The molecule has 0 amide bonds. The third-order valence-corrected chi connectivity index (χ3v) is 2.54. The normalized spacial score (nSPS) is 10.7. The smallest absolute Gasteiger partial charge is 0.162 e. The van der Waals surface area contributed by atoms with E-state index in [-0.39, 0.29) is 0 Å². The highest BCUT2D eigenvalue weighted by Crippen LogP contribution is 2.32. The summed E-state index contributed by atoms with van der Waals surface area (Å²) in [6.45, 7) is 1.98. The minimum absolute atomic E-state index is 0.730. The van der Waals surface area contributed by atoms with Gasteiger partial charge in [0.25, 0.3) is 0 Å². The summed E-state index contributed by atoms with van der Waals surface area (Å²) in [7, 11) is 5.18. The van der Waals surface area contributed by atoms with Gasteiger partial charge in [-0.3, -0.25) is 4.68 Å². The SMILES string of the molecule is COc1cc2c(C)nn(C)c2cc1OC. The van der Waals surface area contributed by atoms with Gasteiger partial charge in [0.05, 0.1) is 25.4 Å². The van der Waals surface area contributed by atoms with Gasteiger partial charge in [0.1, 0.15) is 0 Å². The predicted octanol–water partition coefficient (Wildman–Crippen LogP) is 1.90. The average Bonchev–Trinajstić information content (AvgIpc) is 2.52. The number of rotatable bonds is 2. The molecule has 1 aromatic heterocycles. The van der Waals surface area contributed by atoms with Crippen molar-refractivity contribution >= 4 is 10.9 Å². The number of aryl methyl sites for hydroxylation is 2. The second kappa shape index (κ2) is 3.46. The number of methoxy groups -OCH3 is 2. The summed E-state index contributed by atoms with van der Waals surface area (Å²) < 4.78 is 12.3. The van der Waals surface area contributed by atoms with Crippen LogP contribution in [0.3, 0.4) is 0 Å². The van der Waals surface area contributed by atoms with Gasteiger partial charge >= 0.3 is 0 Å². The number of ether oxygens (including phenoxy) is 2. The number of hydrogen-bond donors (Lipinski definition) is 0. The molecule has 1 heterocycles. The predicted molar refractivity (Wildman–Crippen MR) is 58.6 cm³/mol. The third-order valence-electron chi connectivity index (χ3n) is 2.54. The molecule has 0 atom stereocenters. The molecule has 0 aliphatic carbocycles. The molecule has 0 fully saturated rings. The Bertz CT molecular complexity index is 459. The van der Waals surface area contributed by atoms with Crippen molar-refractivity contribution in [3.8, 4) is 11.5 Å². The van der Waals surface area contributed by atoms with Gasteiger partial charge in [-0.1, -0.05) is 0 Å². The molecule has 0 N–H and O–H groups in total. The fourth-order valence-electron chi connectivity index (χ4n) is 1.76. The number of hydrogen-bond acceptors (Lipinski definition) is 3. The Hall–Kier alpha value is -1.71. The highest BCUT2D eigenvalue weighted by Gasteiger charge is 2.11. The van der Waals surface area contributed by atoms with Crippen molar-refractivity contribution in [3.05, 3.63) is 17.8 Å². The summed E-state index contributed by atoms with van der Waals surface area (Å²) in [6.07, 6.45) is 0. The lowest BCUT2D eigenvalue weighted by molar-refractivity contribution is 0.355. The van der Waals surface area contributed by atoms with Crippen molar-refractivity contribution in [1.82, 2.24) is 9.78 Å². The average molecular weight is 206 g/mol. The van der Waals surface area contributed by atoms with Crippen LogP contribution in [-0.4, -0.2) is 24.0 Å². The Morgan fingerprint density at radius 2 is 1.73 bits per heavy atom. The largest absolute Gasteiger partial charge is 0.493 e. The third kappa shape index (κ3) is 1.42. The van der Waals surface area contributed by atoms with Crippen LogP contribution in [0.25, 0.3) is 10.9 Å². The summed E-state index contributed by atoms with van der Waals surface area (Å²) >= 11 is 0. The van der Waals surface area contributed by atoms with E-state index in [0.29, 0.717) is 0 Å². The second-order valence-electron chi connectivity index (χ2n) is 3.43. The molecule has 2 aromatic rings. The molecule has 0 saturated heterocycles. The molecule has 0 spiro atoms. The summed E-state index contributed by atoms with van der Waals surface area (Å²) in [6, 6.07) is 3.89. The maximum Gasteiger partial charge on any atom is 0.162 e. The summed E-state index contributed by atoms with van der Waals surface area (Å²) in [5, 5.41) is 5.44. The zero-order chi connectivity index (χ0) is 11.0. The molecule has 80 valence electrons. The van der Waals surface area contributed by atoms with Gasteiger partial charge in [-0.2, -0.15) is 5.10 Å². The molecule has 0 radical (unpaired) electrons. The number of benzene rings is 1. The van der Waals surface area contributed by atoms with Crippen molar-refractivity contribution < 1.29 is 9.47 Å². The first-order chi connectivity index (χ1) is 7.17. The molecule has 0 saturated carbocycles. The summed E-state index contributed by atoms with van der Waals surface area (Å²) in [5.74, 6) is 1.47. The van der Waals surface area contributed by atoms with E-state index >= 15 is 0 Å². The van der Waals surface area contributed by atoms with Crippen molar-refractivity contribution in [3.63, 3.8) is 0 Å². The molecule has 0 aliphatic rings. The fourth-order valence-corrected chi connectivity index (χ4v) is 1.76. The van der Waals surface area contributed by atoms with E-state index in [2.05, 4.69) is 5.10 Å². The lowest BCUT2D eigenvalue weighted by Gasteiger charge is -2.07. The summed E-state index contributed by atoms with van der Waals surface area (Å²) in [5.41, 5.74) is 2.04. The van der Waals surface area contributed by atoms with E-state index in [1.165, 1.54) is 0 Å². The lowest BCUT2D eigenvalue weighted by Crippen LogP contribution is -1.92. The van der Waals surface area contributed by atoms with Crippen LogP contribution in [0.5, 0.6) is 11.5 Å². The Kier molecular flexibility index (Phi) is 2.26. The molecule has 15 heavy (non-hydrogen) atoms. The van der Waals surface area contributed by atoms with Gasteiger partial charge < -0.3 is 9.47 Å². The monoisotopic (exact) mass is 206 g/mol. The Morgan fingerprint density at radius 3 is 2.33 bits per heavy atom. The van der Waals surface area contributed by atoms with E-state index < -0.39 is 0 Å². The first kappa shape index (κ1) is 9.83. The number of aromatic nitrogens is 2. The van der Waals surface area contributed by atoms with Crippen LogP contribution in [0.1, 0.15) is 5.69 Å². The van der Waals surface area contributed by atoms with E-state index in [9.17, 15) is 0 Å². The zero-order valence-corrected chi connectivity index (χ0v) is 9.37. The van der Waals surface area contributed by atoms with Crippen LogP contribution in [0.4, 0.5) is 0 Å². The maximum atomic E-state index is 5.25. The van der Waals surface area contributed by atoms with E-state index in [0.717, 1.165) is 28.1 Å². The standard InChI is InChI=1S/C11H14N2O2/c1-7-8-5-10(14-3)11(15-4)6-9(8)13(2)12-7/h5-6H,1-4H3. The van der Waals surface area contributed by atoms with Gasteiger partial charge in [0.2, 0.25) is 0 Å². The zero-order valence-electron chi connectivity index (χ0n) is 9.37. The minimum atomic E-state index is 0.730. The molecule has 0 unspecified atom stereocenters. The van der Waals surface area contributed by atoms with Crippen LogP contribution < -0.4 is 9.47 Å². The second-order valence-corrected chi connectivity index (χ2v) is 3.43. The Balaban J connectivity index is 2.77. The van der Waals surface area contributed by atoms with Crippen molar-refractivity contribution in [2.24, 2.45) is 7.05 Å². The van der Waals surface area contributed by atoms with Crippen LogP contribution in [0.15, 0.2) is 12.1 Å². The highest BCUT2D eigenvalue weighted by atomic mass is 16.5. The van der Waals surface area contributed by atoms with Crippen molar-refractivity contribution in [2.45, 2.75) is 6.92 Å². The van der Waals surface area contributed by atoms with Gasteiger partial charge in [0.15, 0.2) is 11.5 Å². The van der Waals surface area contributed by atoms with Crippen molar-refractivity contribution in [2.75, 3.05) is 14.2 Å². The van der Waals surface area contributed by atoms with Gasteiger partial charge in [0, 0.05) is 18.5 Å². The molecular formula is C11H14N2O2. The first-order valence-electron chi connectivity index (χ1n) is 4.72. The first-order valence-corrected chi connectivity index (χ1v) is 4.72. The Morgan fingerprint density at radius 1 is 1.13 bits per heavy atom. The van der Waals surface area contributed by atoms with Gasteiger partial charge in [-0.05, 0) is 13.0 Å². The molecule has 0 aliphatic heterocycles. The van der Waals surface area contributed by atoms with Crippen LogP contribution in [-0.2, 0) is 7.05 Å². The molecule has 1 aromatic carbocycles. The number of nitrogens with zero attached hydrogens (tertiary/aromatic N) is 2. The van der Waals surface area contributed by atoms with Crippen LogP contribution in [0, 0.1) is 6.92 Å². The van der Waals surface area contributed by atoms with E-state index in [1.807, 2.05) is 30.8 Å². The fraction of sp³-hybridized carbons (Fsp3) is 0.364. The van der Waals surface area contributed by atoms with Gasteiger partial charge in [-0.25, -0.2) is 0 Å². The van der Waals surface area contributed by atoms with Crippen LogP contribution in [0.2, 0.25) is 0 Å². The quantitative estimate of drug-likeness (QED) is 0.753.